The Balaban J connectivity index is 2.29. The molecular weight excluding hydrogens is 198 g/mol. The topological polar surface area (TPSA) is 9.23 Å². The lowest BCUT2D eigenvalue weighted by molar-refractivity contribution is -0.0498. The van der Waals surface area contributed by atoms with Gasteiger partial charge in [0.15, 0.2) is 0 Å². The Morgan fingerprint density at radius 1 is 1.40 bits per heavy atom. The molecule has 0 bridgehead atoms. The molecule has 0 aliphatic heterocycles. The highest BCUT2D eigenvalue weighted by molar-refractivity contribution is 5.47. The standard InChI is InChI=1S/C12H10F2O/c1-2-8-5-6-10(15-12(13)14)7-11(8)9-3-4-9/h1,5-7,9,12H,3-4H2. The molecule has 78 valence electrons. The molecule has 1 aliphatic rings. The molecule has 1 saturated carbocycles. The van der Waals surface area contributed by atoms with Gasteiger partial charge in [0, 0.05) is 5.56 Å². The van der Waals surface area contributed by atoms with Crippen molar-refractivity contribution >= 4 is 0 Å². The number of hydrogen-bond donors (Lipinski definition) is 0. The molecule has 15 heavy (non-hydrogen) atoms. The summed E-state index contributed by atoms with van der Waals surface area (Å²) in [6.45, 7) is -2.78. The van der Waals surface area contributed by atoms with E-state index in [1.165, 1.54) is 6.07 Å². The van der Waals surface area contributed by atoms with Crippen molar-refractivity contribution in [2.45, 2.75) is 25.4 Å². The SMILES string of the molecule is C#Cc1ccc(OC(F)F)cc1C1CC1. The summed E-state index contributed by atoms with van der Waals surface area (Å²) in [6, 6.07) is 4.76. The monoisotopic (exact) mass is 208 g/mol. The Kier molecular flexibility index (Phi) is 2.59. The highest BCUT2D eigenvalue weighted by atomic mass is 19.3. The van der Waals surface area contributed by atoms with Crippen molar-refractivity contribution in [3.05, 3.63) is 29.3 Å². The molecule has 1 fully saturated rings. The van der Waals surface area contributed by atoms with E-state index in [9.17, 15) is 8.78 Å². The number of ether oxygens (including phenoxy) is 1. The average molecular weight is 208 g/mol. The van der Waals surface area contributed by atoms with Crippen LogP contribution in [-0.4, -0.2) is 6.61 Å². The number of benzene rings is 1. The summed E-state index contributed by atoms with van der Waals surface area (Å²) in [7, 11) is 0. The number of terminal acetylenes is 1. The maximum Gasteiger partial charge on any atom is 0.387 e. The van der Waals surface area contributed by atoms with Gasteiger partial charge in [-0.2, -0.15) is 8.78 Å². The fraction of sp³-hybridized carbons (Fsp3) is 0.333. The lowest BCUT2D eigenvalue weighted by Gasteiger charge is -2.08. The highest BCUT2D eigenvalue weighted by Crippen LogP contribution is 2.42. The first kappa shape index (κ1) is 9.97. The Morgan fingerprint density at radius 2 is 2.13 bits per heavy atom. The van der Waals surface area contributed by atoms with E-state index >= 15 is 0 Å². The van der Waals surface area contributed by atoms with Gasteiger partial charge in [0.05, 0.1) is 0 Å². The van der Waals surface area contributed by atoms with Crippen LogP contribution in [0.5, 0.6) is 5.75 Å². The van der Waals surface area contributed by atoms with Crippen molar-refractivity contribution in [1.29, 1.82) is 0 Å². The van der Waals surface area contributed by atoms with Crippen LogP contribution < -0.4 is 4.74 Å². The predicted octanol–water partition coefficient (Wildman–Crippen LogP) is 3.15. The first-order valence-electron chi connectivity index (χ1n) is 4.76. The fourth-order valence-corrected chi connectivity index (χ4v) is 1.58. The largest absolute Gasteiger partial charge is 0.435 e. The molecule has 1 aromatic rings. The first-order chi connectivity index (χ1) is 7.20. The molecule has 0 N–H and O–H groups in total. The van der Waals surface area contributed by atoms with Crippen LogP contribution in [0.4, 0.5) is 8.78 Å². The fourth-order valence-electron chi connectivity index (χ4n) is 1.58. The van der Waals surface area contributed by atoms with Crippen molar-refractivity contribution in [2.24, 2.45) is 0 Å². The number of rotatable bonds is 3. The maximum atomic E-state index is 12.0. The zero-order chi connectivity index (χ0) is 10.8. The highest BCUT2D eigenvalue weighted by Gasteiger charge is 2.26. The summed E-state index contributed by atoms with van der Waals surface area (Å²) in [5.74, 6) is 3.17. The van der Waals surface area contributed by atoms with Crippen molar-refractivity contribution < 1.29 is 13.5 Å². The molecule has 0 radical (unpaired) electrons. The summed E-state index contributed by atoms with van der Waals surface area (Å²) in [5.41, 5.74) is 1.73. The lowest BCUT2D eigenvalue weighted by atomic mass is 10.0. The maximum absolute atomic E-state index is 12.0. The molecule has 0 unspecified atom stereocenters. The van der Waals surface area contributed by atoms with E-state index in [1.807, 2.05) is 0 Å². The average Bonchev–Trinajstić information content (AvgIpc) is 3.00. The van der Waals surface area contributed by atoms with E-state index < -0.39 is 6.61 Å². The smallest absolute Gasteiger partial charge is 0.387 e. The number of hydrogen-bond acceptors (Lipinski definition) is 1. The van der Waals surface area contributed by atoms with Gasteiger partial charge in [-0.3, -0.25) is 0 Å². The van der Waals surface area contributed by atoms with E-state index in [0.717, 1.165) is 24.0 Å². The van der Waals surface area contributed by atoms with Gasteiger partial charge in [-0.15, -0.1) is 6.42 Å². The van der Waals surface area contributed by atoms with Crippen molar-refractivity contribution in [2.75, 3.05) is 0 Å². The van der Waals surface area contributed by atoms with Crippen LogP contribution in [0.2, 0.25) is 0 Å². The van der Waals surface area contributed by atoms with E-state index in [2.05, 4.69) is 10.7 Å². The summed E-state index contributed by atoms with van der Waals surface area (Å²) in [6.07, 6.45) is 7.48. The van der Waals surface area contributed by atoms with Gasteiger partial charge in [0.25, 0.3) is 0 Å². The molecule has 1 nitrogen and oxygen atoms in total. The molecule has 1 aromatic carbocycles. The molecule has 2 rings (SSSR count). The van der Waals surface area contributed by atoms with Gasteiger partial charge in [-0.05, 0) is 42.5 Å². The minimum atomic E-state index is -2.78. The lowest BCUT2D eigenvalue weighted by Crippen LogP contribution is -2.02. The molecule has 0 heterocycles. The van der Waals surface area contributed by atoms with Gasteiger partial charge in [0.1, 0.15) is 5.75 Å². The second kappa shape index (κ2) is 3.90. The third-order valence-corrected chi connectivity index (χ3v) is 2.42. The van der Waals surface area contributed by atoms with Gasteiger partial charge in [-0.1, -0.05) is 5.92 Å². The molecule has 0 amide bonds. The Hall–Kier alpha value is -1.56. The first-order valence-corrected chi connectivity index (χ1v) is 4.76. The van der Waals surface area contributed by atoms with Crippen molar-refractivity contribution in [3.63, 3.8) is 0 Å². The van der Waals surface area contributed by atoms with E-state index in [1.54, 1.807) is 12.1 Å². The molecule has 1 aliphatic carbocycles. The molecule has 0 saturated heterocycles. The summed E-state index contributed by atoms with van der Waals surface area (Å²) < 4.78 is 28.3. The van der Waals surface area contributed by atoms with Gasteiger partial charge >= 0.3 is 6.61 Å². The Labute approximate surface area is 87.1 Å². The normalized spacial score (nSPS) is 15.1. The molecule has 0 atom stereocenters. The number of alkyl halides is 2. The summed E-state index contributed by atoms with van der Waals surface area (Å²) in [5, 5.41) is 0. The Bertz CT molecular complexity index is 403. The van der Waals surface area contributed by atoms with Crippen LogP contribution in [0.3, 0.4) is 0 Å². The zero-order valence-corrected chi connectivity index (χ0v) is 8.04. The van der Waals surface area contributed by atoms with E-state index in [4.69, 9.17) is 6.42 Å². The number of halogens is 2. The minimum Gasteiger partial charge on any atom is -0.435 e. The second-order valence-electron chi connectivity index (χ2n) is 3.55. The zero-order valence-electron chi connectivity index (χ0n) is 8.04. The molecule has 0 aromatic heterocycles. The van der Waals surface area contributed by atoms with Gasteiger partial charge in [-0.25, -0.2) is 0 Å². The van der Waals surface area contributed by atoms with Crippen LogP contribution in [-0.2, 0) is 0 Å². The van der Waals surface area contributed by atoms with E-state index in [-0.39, 0.29) is 5.75 Å². The van der Waals surface area contributed by atoms with Crippen LogP contribution in [0.15, 0.2) is 18.2 Å². The molecular formula is C12H10F2O. The van der Waals surface area contributed by atoms with Crippen molar-refractivity contribution in [3.8, 4) is 18.1 Å². The Morgan fingerprint density at radius 3 is 2.67 bits per heavy atom. The molecule has 3 heteroatoms. The second-order valence-corrected chi connectivity index (χ2v) is 3.55. The van der Waals surface area contributed by atoms with Gasteiger partial charge < -0.3 is 4.74 Å². The van der Waals surface area contributed by atoms with Crippen LogP contribution in [0, 0.1) is 12.3 Å². The van der Waals surface area contributed by atoms with Crippen LogP contribution in [0.1, 0.15) is 29.9 Å². The van der Waals surface area contributed by atoms with Crippen molar-refractivity contribution in [1.82, 2.24) is 0 Å². The quantitative estimate of drug-likeness (QED) is 0.693. The third-order valence-electron chi connectivity index (χ3n) is 2.42. The predicted molar refractivity (Wildman–Crippen MR) is 53.0 cm³/mol. The van der Waals surface area contributed by atoms with Crippen LogP contribution >= 0.6 is 0 Å². The summed E-state index contributed by atoms with van der Waals surface area (Å²) >= 11 is 0. The van der Waals surface area contributed by atoms with Gasteiger partial charge in [0.2, 0.25) is 0 Å². The minimum absolute atomic E-state index is 0.186. The summed E-state index contributed by atoms with van der Waals surface area (Å²) in [4.78, 5) is 0. The molecule has 0 spiro atoms. The van der Waals surface area contributed by atoms with E-state index in [0.29, 0.717) is 5.92 Å². The van der Waals surface area contributed by atoms with Crippen LogP contribution in [0.25, 0.3) is 0 Å². The third kappa shape index (κ3) is 2.27.